The number of hydrogen-bond acceptors (Lipinski definition) is 5. The molecule has 0 aliphatic carbocycles. The van der Waals surface area contributed by atoms with Crippen LogP contribution in [0.5, 0.6) is 0 Å². The lowest BCUT2D eigenvalue weighted by atomic mass is 10.2. The number of methoxy groups -OCH3 is 2. The first-order chi connectivity index (χ1) is 9.63. The zero-order valence-corrected chi connectivity index (χ0v) is 12.6. The summed E-state index contributed by atoms with van der Waals surface area (Å²) < 4.78 is 10.1. The standard InChI is InChI=1S/C14H23N3O3/c1-11-9-13(15-2)12(10-16-11)14(18)17(5-7-19-3)6-8-20-4/h9-10H,5-8H2,1-4H3,(H,15,16). The molecule has 0 unspecified atom stereocenters. The fourth-order valence-electron chi connectivity index (χ4n) is 1.83. The number of pyridine rings is 1. The van der Waals surface area contributed by atoms with Gasteiger partial charge in [0.1, 0.15) is 0 Å². The van der Waals surface area contributed by atoms with Gasteiger partial charge in [-0.15, -0.1) is 0 Å². The summed E-state index contributed by atoms with van der Waals surface area (Å²) in [7, 11) is 5.02. The number of nitrogens with zero attached hydrogens (tertiary/aromatic N) is 2. The van der Waals surface area contributed by atoms with E-state index in [0.29, 0.717) is 31.9 Å². The predicted molar refractivity (Wildman–Crippen MR) is 78.2 cm³/mol. The highest BCUT2D eigenvalue weighted by Crippen LogP contribution is 2.17. The smallest absolute Gasteiger partial charge is 0.257 e. The van der Waals surface area contributed by atoms with Crippen LogP contribution in [0.2, 0.25) is 0 Å². The number of anilines is 1. The molecule has 0 saturated carbocycles. The highest BCUT2D eigenvalue weighted by molar-refractivity contribution is 5.99. The van der Waals surface area contributed by atoms with Crippen LogP contribution in [0, 0.1) is 6.92 Å². The van der Waals surface area contributed by atoms with Crippen molar-refractivity contribution in [3.63, 3.8) is 0 Å². The average molecular weight is 281 g/mol. The van der Waals surface area contributed by atoms with E-state index in [1.54, 1.807) is 32.4 Å². The van der Waals surface area contributed by atoms with Gasteiger partial charge in [-0.25, -0.2) is 0 Å². The molecule has 1 N–H and O–H groups in total. The van der Waals surface area contributed by atoms with Gasteiger partial charge in [0.25, 0.3) is 5.91 Å². The maximum atomic E-state index is 12.6. The Kier molecular flexibility index (Phi) is 6.97. The van der Waals surface area contributed by atoms with Gasteiger partial charge in [-0.2, -0.15) is 0 Å². The first-order valence-corrected chi connectivity index (χ1v) is 6.55. The van der Waals surface area contributed by atoms with Crippen LogP contribution in [-0.4, -0.2) is 63.4 Å². The lowest BCUT2D eigenvalue weighted by molar-refractivity contribution is 0.0628. The molecule has 0 bridgehead atoms. The van der Waals surface area contributed by atoms with E-state index in [9.17, 15) is 4.79 Å². The lowest BCUT2D eigenvalue weighted by Crippen LogP contribution is -2.36. The zero-order chi connectivity index (χ0) is 15.0. The van der Waals surface area contributed by atoms with Crippen LogP contribution in [0.15, 0.2) is 12.3 Å². The normalized spacial score (nSPS) is 10.4. The van der Waals surface area contributed by atoms with Crippen molar-refractivity contribution in [3.05, 3.63) is 23.5 Å². The number of ether oxygens (including phenoxy) is 2. The van der Waals surface area contributed by atoms with E-state index < -0.39 is 0 Å². The van der Waals surface area contributed by atoms with Crippen LogP contribution < -0.4 is 5.32 Å². The molecule has 0 atom stereocenters. The molecule has 112 valence electrons. The molecular formula is C14H23N3O3. The zero-order valence-electron chi connectivity index (χ0n) is 12.6. The van der Waals surface area contributed by atoms with E-state index in [1.807, 2.05) is 13.0 Å². The molecule has 0 aliphatic heterocycles. The molecule has 0 aliphatic rings. The second kappa shape index (κ2) is 8.50. The number of hydrogen-bond donors (Lipinski definition) is 1. The Balaban J connectivity index is 2.92. The van der Waals surface area contributed by atoms with Gasteiger partial charge in [-0.1, -0.05) is 0 Å². The Bertz CT molecular complexity index is 430. The number of carbonyl (C=O) groups is 1. The van der Waals surface area contributed by atoms with Crippen molar-refractivity contribution in [2.45, 2.75) is 6.92 Å². The monoisotopic (exact) mass is 281 g/mol. The Labute approximate surface area is 120 Å². The lowest BCUT2D eigenvalue weighted by Gasteiger charge is -2.23. The van der Waals surface area contributed by atoms with Crippen molar-refractivity contribution in [2.24, 2.45) is 0 Å². The van der Waals surface area contributed by atoms with E-state index in [0.717, 1.165) is 11.4 Å². The summed E-state index contributed by atoms with van der Waals surface area (Å²) in [4.78, 5) is 18.5. The topological polar surface area (TPSA) is 63.7 Å². The van der Waals surface area contributed by atoms with E-state index in [4.69, 9.17) is 9.47 Å². The molecule has 0 radical (unpaired) electrons. The first kappa shape index (κ1) is 16.4. The molecule has 1 amide bonds. The number of rotatable bonds is 8. The van der Waals surface area contributed by atoms with Gasteiger partial charge >= 0.3 is 0 Å². The molecule has 1 aromatic rings. The number of nitrogens with one attached hydrogen (secondary N) is 1. The van der Waals surface area contributed by atoms with Crippen LogP contribution in [0.3, 0.4) is 0 Å². The van der Waals surface area contributed by atoms with E-state index in [2.05, 4.69) is 10.3 Å². The fraction of sp³-hybridized carbons (Fsp3) is 0.571. The highest BCUT2D eigenvalue weighted by Gasteiger charge is 2.18. The number of aromatic nitrogens is 1. The van der Waals surface area contributed by atoms with Gasteiger partial charge in [-0.05, 0) is 13.0 Å². The second-order valence-electron chi connectivity index (χ2n) is 4.40. The molecule has 0 spiro atoms. The maximum absolute atomic E-state index is 12.6. The Morgan fingerprint density at radius 1 is 1.30 bits per heavy atom. The SMILES string of the molecule is CNc1cc(C)ncc1C(=O)N(CCOC)CCOC. The summed E-state index contributed by atoms with van der Waals surface area (Å²) in [6.45, 7) is 3.92. The van der Waals surface area contributed by atoms with Crippen LogP contribution in [0.1, 0.15) is 16.1 Å². The van der Waals surface area contributed by atoms with Gasteiger partial charge < -0.3 is 19.7 Å². The summed E-state index contributed by atoms with van der Waals surface area (Å²) in [5.74, 6) is -0.0732. The highest BCUT2D eigenvalue weighted by atomic mass is 16.5. The largest absolute Gasteiger partial charge is 0.387 e. The summed E-state index contributed by atoms with van der Waals surface area (Å²) in [6.07, 6.45) is 1.61. The minimum atomic E-state index is -0.0732. The molecule has 20 heavy (non-hydrogen) atoms. The van der Waals surface area contributed by atoms with Crippen LogP contribution in [-0.2, 0) is 9.47 Å². The molecule has 0 fully saturated rings. The third kappa shape index (κ3) is 4.47. The van der Waals surface area contributed by atoms with Gasteiger partial charge in [0, 0.05) is 46.2 Å². The van der Waals surface area contributed by atoms with E-state index >= 15 is 0 Å². The van der Waals surface area contributed by atoms with Gasteiger partial charge in [0.2, 0.25) is 0 Å². The molecule has 0 aromatic carbocycles. The quantitative estimate of drug-likeness (QED) is 0.775. The first-order valence-electron chi connectivity index (χ1n) is 6.55. The minimum Gasteiger partial charge on any atom is -0.387 e. The molecule has 1 heterocycles. The van der Waals surface area contributed by atoms with E-state index in [-0.39, 0.29) is 5.91 Å². The third-order valence-electron chi connectivity index (χ3n) is 2.96. The Morgan fingerprint density at radius 3 is 2.40 bits per heavy atom. The summed E-state index contributed by atoms with van der Waals surface area (Å²) >= 11 is 0. The molecule has 6 heteroatoms. The van der Waals surface area contributed by atoms with Crippen molar-refractivity contribution in [1.82, 2.24) is 9.88 Å². The maximum Gasteiger partial charge on any atom is 0.257 e. The number of amides is 1. The Morgan fingerprint density at radius 2 is 1.90 bits per heavy atom. The summed E-state index contributed by atoms with van der Waals surface area (Å²) in [5, 5.41) is 3.03. The second-order valence-corrected chi connectivity index (χ2v) is 4.40. The summed E-state index contributed by atoms with van der Waals surface area (Å²) in [5.41, 5.74) is 2.21. The predicted octanol–water partition coefficient (Wildman–Crippen LogP) is 1.17. The van der Waals surface area contributed by atoms with Crippen molar-refractivity contribution in [3.8, 4) is 0 Å². The van der Waals surface area contributed by atoms with Crippen molar-refractivity contribution < 1.29 is 14.3 Å². The van der Waals surface area contributed by atoms with Crippen molar-refractivity contribution in [2.75, 3.05) is 52.9 Å². The molecule has 0 saturated heterocycles. The molecule has 1 rings (SSSR count). The Hall–Kier alpha value is -1.66. The van der Waals surface area contributed by atoms with Crippen LogP contribution >= 0.6 is 0 Å². The average Bonchev–Trinajstić information content (AvgIpc) is 2.46. The number of carbonyl (C=O) groups excluding carboxylic acids is 1. The number of aryl methyl sites for hydroxylation is 1. The van der Waals surface area contributed by atoms with Crippen LogP contribution in [0.25, 0.3) is 0 Å². The molecule has 6 nitrogen and oxygen atoms in total. The molecule has 1 aromatic heterocycles. The van der Waals surface area contributed by atoms with Gasteiger partial charge in [0.05, 0.1) is 24.5 Å². The third-order valence-corrected chi connectivity index (χ3v) is 2.96. The molecular weight excluding hydrogens is 258 g/mol. The summed E-state index contributed by atoms with van der Waals surface area (Å²) in [6, 6.07) is 1.86. The fourth-order valence-corrected chi connectivity index (χ4v) is 1.83. The van der Waals surface area contributed by atoms with Crippen LogP contribution in [0.4, 0.5) is 5.69 Å². The van der Waals surface area contributed by atoms with Gasteiger partial charge in [-0.3, -0.25) is 9.78 Å². The van der Waals surface area contributed by atoms with Crippen molar-refractivity contribution in [1.29, 1.82) is 0 Å². The van der Waals surface area contributed by atoms with E-state index in [1.165, 1.54) is 0 Å². The minimum absolute atomic E-state index is 0.0732. The van der Waals surface area contributed by atoms with Gasteiger partial charge in [0.15, 0.2) is 0 Å². The van der Waals surface area contributed by atoms with Crippen molar-refractivity contribution >= 4 is 11.6 Å².